The van der Waals surface area contributed by atoms with Crippen LogP contribution < -0.4 is 10.1 Å². The van der Waals surface area contributed by atoms with E-state index in [1.165, 1.54) is 12.4 Å². The molecule has 1 unspecified atom stereocenters. The summed E-state index contributed by atoms with van der Waals surface area (Å²) in [5.74, 6) is -0.520. The van der Waals surface area contributed by atoms with Crippen molar-refractivity contribution in [1.29, 1.82) is 5.26 Å². The second-order valence-electron chi connectivity index (χ2n) is 7.61. The molecule has 2 amide bonds. The Hall–Kier alpha value is -3.68. The van der Waals surface area contributed by atoms with E-state index >= 15 is 0 Å². The lowest BCUT2D eigenvalue weighted by atomic mass is 10.1. The van der Waals surface area contributed by atoms with E-state index in [4.69, 9.17) is 10.00 Å². The van der Waals surface area contributed by atoms with Gasteiger partial charge in [-0.15, -0.1) is 0 Å². The molecule has 0 fully saturated rings. The average Bonchev–Trinajstić information content (AvgIpc) is 3.09. The zero-order valence-electron chi connectivity index (χ0n) is 18.1. The van der Waals surface area contributed by atoms with Crippen molar-refractivity contribution in [3.63, 3.8) is 0 Å². The van der Waals surface area contributed by atoms with E-state index in [2.05, 4.69) is 15.3 Å². The van der Waals surface area contributed by atoms with Crippen molar-refractivity contribution in [2.24, 2.45) is 0 Å². The summed E-state index contributed by atoms with van der Waals surface area (Å²) in [6, 6.07) is 4.65. The number of aryl methyl sites for hydroxylation is 1. The van der Waals surface area contributed by atoms with Crippen LogP contribution in [0.4, 0.5) is 13.2 Å². The normalized spacial score (nSPS) is 13.9. The summed E-state index contributed by atoms with van der Waals surface area (Å²) in [5, 5.41) is 11.2. The molecular formula is C22H22F3N5O3. The number of ether oxygens (including phenoxy) is 1. The number of nitrogens with zero attached hydrogens (tertiary/aromatic N) is 4. The van der Waals surface area contributed by atoms with Crippen LogP contribution in [0.15, 0.2) is 24.5 Å². The molecule has 1 N–H and O–H groups in total. The number of halogens is 3. The minimum atomic E-state index is -4.45. The van der Waals surface area contributed by atoms with Crippen LogP contribution in [0.3, 0.4) is 0 Å². The van der Waals surface area contributed by atoms with E-state index in [0.29, 0.717) is 28.1 Å². The lowest BCUT2D eigenvalue weighted by molar-refractivity contribution is -0.153. The highest BCUT2D eigenvalue weighted by Gasteiger charge is 2.34. The van der Waals surface area contributed by atoms with E-state index in [1.807, 2.05) is 6.07 Å². The lowest BCUT2D eigenvalue weighted by Crippen LogP contribution is -2.28. The van der Waals surface area contributed by atoms with Gasteiger partial charge < -0.3 is 15.0 Å². The Balaban J connectivity index is 1.74. The molecule has 174 valence electrons. The maximum absolute atomic E-state index is 13.0. The fraction of sp³-hybridized carbons (Fsp3) is 0.409. The molecule has 0 radical (unpaired) electrons. The second-order valence-corrected chi connectivity index (χ2v) is 7.61. The monoisotopic (exact) mass is 461 g/mol. The quantitative estimate of drug-likeness (QED) is 0.606. The molecule has 0 saturated heterocycles. The molecule has 0 aliphatic carbocycles. The molecule has 11 heteroatoms. The molecule has 3 rings (SSSR count). The summed E-state index contributed by atoms with van der Waals surface area (Å²) >= 11 is 0. The molecule has 0 saturated carbocycles. The van der Waals surface area contributed by atoms with Crippen LogP contribution in [0.5, 0.6) is 5.75 Å². The van der Waals surface area contributed by atoms with Gasteiger partial charge in [0.1, 0.15) is 5.75 Å². The van der Waals surface area contributed by atoms with Gasteiger partial charge in [0.05, 0.1) is 42.5 Å². The average molecular weight is 461 g/mol. The van der Waals surface area contributed by atoms with Crippen LogP contribution in [0.25, 0.3) is 0 Å². The third-order valence-corrected chi connectivity index (χ3v) is 5.22. The van der Waals surface area contributed by atoms with Crippen molar-refractivity contribution < 1.29 is 27.5 Å². The largest absolute Gasteiger partial charge is 0.482 e. The second kappa shape index (κ2) is 9.85. The zero-order chi connectivity index (χ0) is 24.2. The molecule has 0 bridgehead atoms. The summed E-state index contributed by atoms with van der Waals surface area (Å²) in [7, 11) is 0. The Bertz CT molecular complexity index is 1100. The SMILES string of the molecule is Cc1cc(C(C)N2Cc3c(ccnc3CC(=O)NCCC#N)C2=O)ncc1OCC(F)(F)F. The van der Waals surface area contributed by atoms with Gasteiger partial charge in [0.15, 0.2) is 6.61 Å². The van der Waals surface area contributed by atoms with E-state index < -0.39 is 18.8 Å². The maximum Gasteiger partial charge on any atom is 0.422 e. The van der Waals surface area contributed by atoms with Gasteiger partial charge in [0.25, 0.3) is 5.91 Å². The van der Waals surface area contributed by atoms with Crippen molar-refractivity contribution in [2.75, 3.05) is 13.2 Å². The number of amides is 2. The van der Waals surface area contributed by atoms with Crippen LogP contribution in [0.2, 0.25) is 0 Å². The predicted molar refractivity (Wildman–Crippen MR) is 110 cm³/mol. The first-order valence-corrected chi connectivity index (χ1v) is 10.2. The zero-order valence-corrected chi connectivity index (χ0v) is 18.1. The van der Waals surface area contributed by atoms with E-state index in [1.54, 1.807) is 30.9 Å². The highest BCUT2D eigenvalue weighted by atomic mass is 19.4. The van der Waals surface area contributed by atoms with Gasteiger partial charge >= 0.3 is 6.18 Å². The molecule has 8 nitrogen and oxygen atoms in total. The Labute approximate surface area is 188 Å². The number of alkyl halides is 3. The molecule has 1 aliphatic heterocycles. The minimum absolute atomic E-state index is 0.0211. The summed E-state index contributed by atoms with van der Waals surface area (Å²) in [6.07, 6.45) is -1.59. The third-order valence-electron chi connectivity index (χ3n) is 5.22. The number of fused-ring (bicyclic) bond motifs is 1. The lowest BCUT2D eigenvalue weighted by Gasteiger charge is -2.24. The first kappa shape index (κ1) is 24.0. The van der Waals surface area contributed by atoms with Gasteiger partial charge in [-0.2, -0.15) is 18.4 Å². The Morgan fingerprint density at radius 2 is 2.15 bits per heavy atom. The number of carbonyl (C=O) groups excluding carboxylic acids is 2. The molecular weight excluding hydrogens is 439 g/mol. The number of pyridine rings is 2. The van der Waals surface area contributed by atoms with Crippen LogP contribution in [-0.2, 0) is 17.8 Å². The summed E-state index contributed by atoms with van der Waals surface area (Å²) in [5.41, 5.74) is 2.53. The van der Waals surface area contributed by atoms with Crippen molar-refractivity contribution in [3.8, 4) is 11.8 Å². The van der Waals surface area contributed by atoms with Crippen molar-refractivity contribution >= 4 is 11.8 Å². The van der Waals surface area contributed by atoms with Crippen molar-refractivity contribution in [1.82, 2.24) is 20.2 Å². The van der Waals surface area contributed by atoms with E-state index in [9.17, 15) is 22.8 Å². The van der Waals surface area contributed by atoms with Crippen LogP contribution in [0, 0.1) is 18.3 Å². The molecule has 3 heterocycles. The molecule has 1 aliphatic rings. The van der Waals surface area contributed by atoms with Crippen LogP contribution in [-0.4, -0.2) is 46.0 Å². The fourth-order valence-corrected chi connectivity index (χ4v) is 3.51. The number of nitrogens with one attached hydrogen (secondary N) is 1. The van der Waals surface area contributed by atoms with Crippen LogP contribution in [0.1, 0.15) is 52.3 Å². The Kier molecular flexibility index (Phi) is 7.16. The molecule has 1 atom stereocenters. The number of hydrogen-bond acceptors (Lipinski definition) is 6. The number of rotatable bonds is 8. The topological polar surface area (TPSA) is 108 Å². The number of nitriles is 1. The van der Waals surface area contributed by atoms with Crippen molar-refractivity contribution in [3.05, 3.63) is 52.6 Å². The highest BCUT2D eigenvalue weighted by molar-refractivity contribution is 5.99. The summed E-state index contributed by atoms with van der Waals surface area (Å²) in [6.45, 7) is 2.42. The number of aromatic nitrogens is 2. The summed E-state index contributed by atoms with van der Waals surface area (Å²) in [4.78, 5) is 35.2. The Morgan fingerprint density at radius 1 is 1.39 bits per heavy atom. The molecule has 33 heavy (non-hydrogen) atoms. The standard InChI is InChI=1S/C22H22F3N5O3/c1-13-8-17(29-10-19(13)33-12-22(23,24)25)14(2)30-11-16-15(21(30)32)4-7-27-18(16)9-20(31)28-6-3-5-26/h4,7-8,10,14H,3,6,9,11-12H2,1-2H3,(H,28,31). The molecule has 2 aromatic heterocycles. The van der Waals surface area contributed by atoms with Crippen LogP contribution >= 0.6 is 0 Å². The van der Waals surface area contributed by atoms with Crippen molar-refractivity contribution in [2.45, 2.75) is 45.5 Å². The van der Waals surface area contributed by atoms with E-state index in [0.717, 1.165) is 0 Å². The van der Waals surface area contributed by atoms with Gasteiger partial charge in [-0.05, 0) is 31.5 Å². The Morgan fingerprint density at radius 3 is 2.82 bits per heavy atom. The van der Waals surface area contributed by atoms with Gasteiger partial charge in [0.2, 0.25) is 5.91 Å². The highest BCUT2D eigenvalue weighted by Crippen LogP contribution is 2.33. The fourth-order valence-electron chi connectivity index (χ4n) is 3.51. The first-order chi connectivity index (χ1) is 15.6. The third kappa shape index (κ3) is 5.77. The smallest absolute Gasteiger partial charge is 0.422 e. The molecule has 0 aromatic carbocycles. The van der Waals surface area contributed by atoms with Gasteiger partial charge in [-0.1, -0.05) is 0 Å². The van der Waals surface area contributed by atoms with Gasteiger partial charge in [-0.3, -0.25) is 19.6 Å². The number of carbonyl (C=O) groups is 2. The predicted octanol–water partition coefficient (Wildman–Crippen LogP) is 3.02. The van der Waals surface area contributed by atoms with Gasteiger partial charge in [0, 0.05) is 30.4 Å². The minimum Gasteiger partial charge on any atom is -0.482 e. The number of hydrogen-bond donors (Lipinski definition) is 1. The maximum atomic E-state index is 13.0. The first-order valence-electron chi connectivity index (χ1n) is 10.2. The summed E-state index contributed by atoms with van der Waals surface area (Å²) < 4.78 is 42.0. The molecule has 0 spiro atoms. The van der Waals surface area contributed by atoms with E-state index in [-0.39, 0.29) is 43.5 Å². The molecule has 2 aromatic rings. The van der Waals surface area contributed by atoms with Gasteiger partial charge in [-0.25, -0.2) is 0 Å².